The molecule has 0 bridgehead atoms. The Kier molecular flexibility index (Phi) is 5.33. The van der Waals surface area contributed by atoms with E-state index >= 15 is 0 Å². The number of rotatable bonds is 6. The summed E-state index contributed by atoms with van der Waals surface area (Å²) in [4.78, 5) is 26.6. The molecule has 0 unspecified atom stereocenters. The summed E-state index contributed by atoms with van der Waals surface area (Å²) in [5, 5.41) is 0. The summed E-state index contributed by atoms with van der Waals surface area (Å²) in [7, 11) is 0. The van der Waals surface area contributed by atoms with Crippen molar-refractivity contribution in [2.45, 2.75) is 19.8 Å². The normalized spacial score (nSPS) is 12.5. The molecule has 1 amide bonds. The van der Waals surface area contributed by atoms with Crippen LogP contribution in [0, 0.1) is 0 Å². The Morgan fingerprint density at radius 2 is 1.68 bits per heavy atom. The Morgan fingerprint density at radius 1 is 0.960 bits per heavy atom. The van der Waals surface area contributed by atoms with Crippen molar-refractivity contribution < 1.29 is 19.1 Å². The summed E-state index contributed by atoms with van der Waals surface area (Å²) in [6.45, 7) is 3.49. The third-order valence-corrected chi connectivity index (χ3v) is 4.12. The molecule has 3 rings (SSSR count). The first-order valence-corrected chi connectivity index (χ1v) is 8.47. The van der Waals surface area contributed by atoms with Crippen LogP contribution >= 0.6 is 0 Å². The van der Waals surface area contributed by atoms with Crippen LogP contribution in [-0.2, 0) is 4.79 Å². The van der Waals surface area contributed by atoms with Crippen LogP contribution in [0.4, 0.5) is 5.69 Å². The van der Waals surface area contributed by atoms with Crippen LogP contribution in [0.2, 0.25) is 0 Å². The number of benzene rings is 2. The second-order valence-electron chi connectivity index (χ2n) is 5.76. The van der Waals surface area contributed by atoms with Gasteiger partial charge in [0.15, 0.2) is 17.3 Å². The smallest absolute Gasteiger partial charge is 0.227 e. The van der Waals surface area contributed by atoms with Crippen molar-refractivity contribution in [1.29, 1.82) is 0 Å². The van der Waals surface area contributed by atoms with Crippen LogP contribution in [-0.4, -0.2) is 31.4 Å². The molecule has 130 valence electrons. The van der Waals surface area contributed by atoms with Crippen LogP contribution in [0.15, 0.2) is 48.5 Å². The van der Waals surface area contributed by atoms with E-state index in [0.29, 0.717) is 36.8 Å². The maximum Gasteiger partial charge on any atom is 0.227 e. The van der Waals surface area contributed by atoms with Crippen LogP contribution < -0.4 is 14.4 Å². The maximum atomic E-state index is 12.5. The Labute approximate surface area is 147 Å². The van der Waals surface area contributed by atoms with Gasteiger partial charge >= 0.3 is 0 Å². The number of ketones is 1. The zero-order chi connectivity index (χ0) is 17.6. The van der Waals surface area contributed by atoms with Gasteiger partial charge in [0, 0.05) is 30.6 Å². The molecule has 0 aromatic heterocycles. The third kappa shape index (κ3) is 3.99. The lowest BCUT2D eigenvalue weighted by Gasteiger charge is -2.21. The van der Waals surface area contributed by atoms with Gasteiger partial charge in [0.25, 0.3) is 0 Å². The molecule has 25 heavy (non-hydrogen) atoms. The van der Waals surface area contributed by atoms with E-state index in [1.54, 1.807) is 23.1 Å². The van der Waals surface area contributed by atoms with Crippen molar-refractivity contribution in [2.75, 3.05) is 24.7 Å². The molecule has 1 heterocycles. The number of fused-ring (bicyclic) bond motifs is 1. The van der Waals surface area contributed by atoms with Crippen molar-refractivity contribution >= 4 is 17.4 Å². The standard InChI is InChI=1S/C20H21NO4/c1-2-21(16-6-4-3-5-7-16)20(23)11-9-17(22)15-8-10-18-19(14-15)25-13-12-24-18/h3-8,10,14H,2,9,11-13H2,1H3. The van der Waals surface area contributed by atoms with Crippen molar-refractivity contribution in [3.63, 3.8) is 0 Å². The van der Waals surface area contributed by atoms with Crippen molar-refractivity contribution in [3.8, 4) is 11.5 Å². The number of hydrogen-bond donors (Lipinski definition) is 0. The van der Waals surface area contributed by atoms with Gasteiger partial charge < -0.3 is 14.4 Å². The largest absolute Gasteiger partial charge is 0.486 e. The lowest BCUT2D eigenvalue weighted by atomic mass is 10.1. The lowest BCUT2D eigenvalue weighted by molar-refractivity contribution is -0.118. The number of amides is 1. The monoisotopic (exact) mass is 339 g/mol. The molecule has 0 saturated heterocycles. The van der Waals surface area contributed by atoms with Crippen molar-refractivity contribution in [2.24, 2.45) is 0 Å². The molecule has 0 fully saturated rings. The highest BCUT2D eigenvalue weighted by molar-refractivity contribution is 6.01. The number of hydrogen-bond acceptors (Lipinski definition) is 4. The predicted molar refractivity (Wildman–Crippen MR) is 95.5 cm³/mol. The van der Waals surface area contributed by atoms with Gasteiger partial charge in [-0.25, -0.2) is 0 Å². The zero-order valence-electron chi connectivity index (χ0n) is 14.2. The minimum atomic E-state index is -0.0746. The third-order valence-electron chi connectivity index (χ3n) is 4.12. The van der Waals surface area contributed by atoms with Gasteiger partial charge in [-0.2, -0.15) is 0 Å². The molecule has 0 spiro atoms. The summed E-state index contributed by atoms with van der Waals surface area (Å²) in [5.41, 5.74) is 1.39. The molecular weight excluding hydrogens is 318 g/mol. The van der Waals surface area contributed by atoms with E-state index < -0.39 is 0 Å². The number of carbonyl (C=O) groups excluding carboxylic acids is 2. The molecule has 2 aromatic carbocycles. The van der Waals surface area contributed by atoms with E-state index in [9.17, 15) is 9.59 Å². The molecule has 1 aliphatic rings. The number of para-hydroxylation sites is 1. The topological polar surface area (TPSA) is 55.8 Å². The van der Waals surface area contributed by atoms with Crippen LogP contribution in [0.1, 0.15) is 30.1 Å². The average molecular weight is 339 g/mol. The van der Waals surface area contributed by atoms with Crippen LogP contribution in [0.5, 0.6) is 11.5 Å². The van der Waals surface area contributed by atoms with Crippen LogP contribution in [0.3, 0.4) is 0 Å². The first kappa shape index (κ1) is 17.0. The second kappa shape index (κ2) is 7.83. The van der Waals surface area contributed by atoms with E-state index in [1.807, 2.05) is 37.3 Å². The molecule has 0 saturated carbocycles. The Morgan fingerprint density at radius 3 is 2.40 bits per heavy atom. The first-order chi connectivity index (χ1) is 12.2. The minimum absolute atomic E-state index is 0.0559. The maximum absolute atomic E-state index is 12.5. The number of ether oxygens (including phenoxy) is 2. The van der Waals surface area contributed by atoms with Crippen LogP contribution in [0.25, 0.3) is 0 Å². The highest BCUT2D eigenvalue weighted by Crippen LogP contribution is 2.31. The summed E-state index contributed by atoms with van der Waals surface area (Å²) < 4.78 is 11.0. The van der Waals surface area contributed by atoms with Gasteiger partial charge in [0.05, 0.1) is 0 Å². The highest BCUT2D eigenvalue weighted by Gasteiger charge is 2.18. The molecule has 5 nitrogen and oxygen atoms in total. The molecular formula is C20H21NO4. The lowest BCUT2D eigenvalue weighted by Crippen LogP contribution is -2.30. The molecule has 0 radical (unpaired) electrons. The zero-order valence-corrected chi connectivity index (χ0v) is 14.2. The van der Waals surface area contributed by atoms with Gasteiger partial charge in [-0.3, -0.25) is 9.59 Å². The predicted octanol–water partition coefficient (Wildman–Crippen LogP) is 3.47. The Bertz CT molecular complexity index is 758. The summed E-state index contributed by atoms with van der Waals surface area (Å²) in [5.74, 6) is 1.11. The molecule has 0 aliphatic carbocycles. The first-order valence-electron chi connectivity index (χ1n) is 8.47. The molecule has 0 atom stereocenters. The van der Waals surface area contributed by atoms with E-state index in [2.05, 4.69) is 0 Å². The van der Waals surface area contributed by atoms with Crippen molar-refractivity contribution in [1.82, 2.24) is 0 Å². The second-order valence-corrected chi connectivity index (χ2v) is 5.76. The number of Topliss-reactive ketones (excluding diaryl/α,β-unsaturated/α-hetero) is 1. The van der Waals surface area contributed by atoms with Crippen molar-refractivity contribution in [3.05, 3.63) is 54.1 Å². The Hall–Kier alpha value is -2.82. The van der Waals surface area contributed by atoms with E-state index in [-0.39, 0.29) is 24.5 Å². The Balaban J connectivity index is 1.62. The minimum Gasteiger partial charge on any atom is -0.486 e. The fourth-order valence-corrected chi connectivity index (χ4v) is 2.83. The summed E-state index contributed by atoms with van der Waals surface area (Å²) >= 11 is 0. The molecule has 0 N–H and O–H groups in total. The number of carbonyl (C=O) groups is 2. The summed E-state index contributed by atoms with van der Waals surface area (Å²) in [6, 6.07) is 14.6. The van der Waals surface area contributed by atoms with E-state index in [1.165, 1.54) is 0 Å². The van der Waals surface area contributed by atoms with E-state index in [0.717, 1.165) is 5.69 Å². The SMILES string of the molecule is CCN(C(=O)CCC(=O)c1ccc2c(c1)OCCO2)c1ccccc1. The molecule has 2 aromatic rings. The fourth-order valence-electron chi connectivity index (χ4n) is 2.83. The summed E-state index contributed by atoms with van der Waals surface area (Å²) in [6.07, 6.45) is 0.345. The van der Waals surface area contributed by atoms with Gasteiger partial charge in [-0.05, 0) is 37.3 Å². The van der Waals surface area contributed by atoms with Gasteiger partial charge in [-0.1, -0.05) is 18.2 Å². The van der Waals surface area contributed by atoms with E-state index in [4.69, 9.17) is 9.47 Å². The average Bonchev–Trinajstić information content (AvgIpc) is 2.67. The quantitative estimate of drug-likeness (QED) is 0.756. The van der Waals surface area contributed by atoms with Gasteiger partial charge in [0.1, 0.15) is 13.2 Å². The fraction of sp³-hybridized carbons (Fsp3) is 0.300. The van der Waals surface area contributed by atoms with Gasteiger partial charge in [0.2, 0.25) is 5.91 Å². The number of nitrogens with zero attached hydrogens (tertiary/aromatic N) is 1. The molecule has 1 aliphatic heterocycles. The van der Waals surface area contributed by atoms with Gasteiger partial charge in [-0.15, -0.1) is 0 Å². The molecule has 5 heteroatoms. The number of anilines is 1. The highest BCUT2D eigenvalue weighted by atomic mass is 16.6.